The molecule has 0 saturated carbocycles. The summed E-state index contributed by atoms with van der Waals surface area (Å²) in [5.41, 5.74) is 1.37. The van der Waals surface area contributed by atoms with Crippen molar-refractivity contribution in [2.75, 3.05) is 13.2 Å². The van der Waals surface area contributed by atoms with Gasteiger partial charge >= 0.3 is 0 Å². The first-order chi connectivity index (χ1) is 13.5. The molecule has 0 aliphatic heterocycles. The number of hydrogen-bond acceptors (Lipinski definition) is 4. The van der Waals surface area contributed by atoms with Crippen LogP contribution in [0.2, 0.25) is 0 Å². The van der Waals surface area contributed by atoms with E-state index >= 15 is 0 Å². The van der Waals surface area contributed by atoms with Gasteiger partial charge in [-0.15, -0.1) is 0 Å². The third-order valence-corrected chi connectivity index (χ3v) is 4.19. The smallest absolute Gasteiger partial charge is 0.251 e. The summed E-state index contributed by atoms with van der Waals surface area (Å²) in [6.45, 7) is 1.54. The van der Waals surface area contributed by atoms with Gasteiger partial charge in [0.25, 0.3) is 5.91 Å². The van der Waals surface area contributed by atoms with Gasteiger partial charge in [-0.25, -0.2) is 8.78 Å². The fourth-order valence-electron chi connectivity index (χ4n) is 2.87. The second kappa shape index (κ2) is 8.62. The van der Waals surface area contributed by atoms with Gasteiger partial charge in [0.15, 0.2) is 0 Å². The number of carbonyl (C=O) groups excluding carboxylic acids is 1. The van der Waals surface area contributed by atoms with Gasteiger partial charge in [-0.3, -0.25) is 9.89 Å². The van der Waals surface area contributed by atoms with Crippen LogP contribution in [0.1, 0.15) is 28.9 Å². The van der Waals surface area contributed by atoms with E-state index in [1.165, 1.54) is 12.1 Å². The fourth-order valence-corrected chi connectivity index (χ4v) is 2.87. The van der Waals surface area contributed by atoms with Crippen molar-refractivity contribution in [2.45, 2.75) is 13.0 Å². The predicted molar refractivity (Wildman–Crippen MR) is 98.8 cm³/mol. The fraction of sp³-hybridized carbons (Fsp3) is 0.200. The number of H-pyrrole nitrogens is 1. The van der Waals surface area contributed by atoms with Crippen molar-refractivity contribution in [1.82, 2.24) is 15.5 Å². The molecule has 0 bridgehead atoms. The van der Waals surface area contributed by atoms with Crippen molar-refractivity contribution in [1.29, 1.82) is 0 Å². The zero-order chi connectivity index (χ0) is 20.1. The maximum absolute atomic E-state index is 14.0. The van der Waals surface area contributed by atoms with Crippen molar-refractivity contribution in [2.24, 2.45) is 0 Å². The molecule has 3 N–H and O–H groups in total. The van der Waals surface area contributed by atoms with Crippen LogP contribution in [-0.4, -0.2) is 34.4 Å². The molecule has 0 fully saturated rings. The van der Waals surface area contributed by atoms with Gasteiger partial charge < -0.3 is 15.2 Å². The first kappa shape index (κ1) is 19.5. The van der Waals surface area contributed by atoms with E-state index in [0.29, 0.717) is 12.4 Å². The first-order valence-electron chi connectivity index (χ1n) is 8.66. The molecule has 28 heavy (non-hydrogen) atoms. The van der Waals surface area contributed by atoms with E-state index in [1.807, 2.05) is 6.92 Å². The van der Waals surface area contributed by atoms with E-state index in [9.17, 15) is 18.7 Å². The van der Waals surface area contributed by atoms with Crippen LogP contribution in [0.4, 0.5) is 8.78 Å². The zero-order valence-electron chi connectivity index (χ0n) is 15.1. The Kier molecular flexibility index (Phi) is 6.00. The summed E-state index contributed by atoms with van der Waals surface area (Å²) >= 11 is 0. The Morgan fingerprint density at radius 2 is 2.04 bits per heavy atom. The molecule has 3 aromatic rings. The van der Waals surface area contributed by atoms with E-state index in [2.05, 4.69) is 15.5 Å². The van der Waals surface area contributed by atoms with E-state index in [4.69, 9.17) is 4.74 Å². The molecule has 146 valence electrons. The maximum Gasteiger partial charge on any atom is 0.251 e. The molecule has 1 amide bonds. The van der Waals surface area contributed by atoms with E-state index in [1.54, 1.807) is 24.5 Å². The number of halogens is 2. The SMILES string of the molecule is CCOc1cc(C(=O)N[C@H](CO)c2c(F)cccc2F)ccc1-c1cn[nH]c1. The van der Waals surface area contributed by atoms with Gasteiger partial charge in [-0.05, 0) is 37.3 Å². The molecule has 0 aliphatic carbocycles. The van der Waals surface area contributed by atoms with Gasteiger partial charge in [-0.1, -0.05) is 6.07 Å². The van der Waals surface area contributed by atoms with Crippen molar-refractivity contribution in [3.05, 3.63) is 71.6 Å². The molecule has 2 aromatic carbocycles. The number of benzene rings is 2. The molecule has 1 atom stereocenters. The van der Waals surface area contributed by atoms with Crippen LogP contribution in [0.5, 0.6) is 5.75 Å². The third-order valence-electron chi connectivity index (χ3n) is 4.19. The summed E-state index contributed by atoms with van der Waals surface area (Å²) in [4.78, 5) is 12.6. The van der Waals surface area contributed by atoms with E-state index < -0.39 is 35.8 Å². The van der Waals surface area contributed by atoms with Gasteiger partial charge in [0.2, 0.25) is 0 Å². The van der Waals surface area contributed by atoms with Gasteiger partial charge in [0, 0.05) is 28.5 Å². The molecule has 0 unspecified atom stereocenters. The highest BCUT2D eigenvalue weighted by Gasteiger charge is 2.22. The minimum atomic E-state index is -1.22. The van der Waals surface area contributed by atoms with Crippen LogP contribution in [0, 0.1) is 11.6 Å². The van der Waals surface area contributed by atoms with Crippen LogP contribution >= 0.6 is 0 Å². The maximum atomic E-state index is 14.0. The molecule has 3 rings (SSSR count). The lowest BCUT2D eigenvalue weighted by molar-refractivity contribution is 0.0913. The number of nitrogens with one attached hydrogen (secondary N) is 2. The zero-order valence-corrected chi connectivity index (χ0v) is 15.1. The van der Waals surface area contributed by atoms with Crippen LogP contribution in [0.3, 0.4) is 0 Å². The topological polar surface area (TPSA) is 87.2 Å². The van der Waals surface area contributed by atoms with E-state index in [-0.39, 0.29) is 5.56 Å². The molecule has 0 aliphatic rings. The quantitative estimate of drug-likeness (QED) is 0.581. The molecule has 0 radical (unpaired) electrons. The summed E-state index contributed by atoms with van der Waals surface area (Å²) in [5, 5.41) is 18.6. The number of aromatic amines is 1. The number of carbonyl (C=O) groups is 1. The minimum absolute atomic E-state index is 0.228. The molecule has 6 nitrogen and oxygen atoms in total. The van der Waals surface area contributed by atoms with Crippen molar-refractivity contribution in [3.8, 4) is 16.9 Å². The third kappa shape index (κ3) is 4.01. The van der Waals surface area contributed by atoms with Crippen LogP contribution in [0.15, 0.2) is 48.8 Å². The van der Waals surface area contributed by atoms with Gasteiger partial charge in [0.05, 0.1) is 25.5 Å². The Hall–Kier alpha value is -3.26. The number of ether oxygens (including phenoxy) is 1. The lowest BCUT2D eigenvalue weighted by atomic mass is 10.0. The predicted octanol–water partition coefficient (Wildman–Crippen LogP) is 3.22. The molecule has 0 spiro atoms. The Balaban J connectivity index is 1.88. The molecular weight excluding hydrogens is 368 g/mol. The highest BCUT2D eigenvalue weighted by atomic mass is 19.1. The molecule has 1 aromatic heterocycles. The molecule has 0 saturated heterocycles. The van der Waals surface area contributed by atoms with Crippen LogP contribution in [0.25, 0.3) is 11.1 Å². The van der Waals surface area contributed by atoms with Crippen molar-refractivity contribution < 1.29 is 23.4 Å². The van der Waals surface area contributed by atoms with Crippen LogP contribution < -0.4 is 10.1 Å². The van der Waals surface area contributed by atoms with E-state index in [0.717, 1.165) is 23.3 Å². The van der Waals surface area contributed by atoms with Crippen LogP contribution in [-0.2, 0) is 0 Å². The summed E-state index contributed by atoms with van der Waals surface area (Å²) in [6, 6.07) is 6.92. The Morgan fingerprint density at radius 3 is 2.64 bits per heavy atom. The Morgan fingerprint density at radius 1 is 1.29 bits per heavy atom. The minimum Gasteiger partial charge on any atom is -0.493 e. The number of hydrogen-bond donors (Lipinski definition) is 3. The lowest BCUT2D eigenvalue weighted by Crippen LogP contribution is -2.32. The second-order valence-corrected chi connectivity index (χ2v) is 5.97. The van der Waals surface area contributed by atoms with Crippen molar-refractivity contribution in [3.63, 3.8) is 0 Å². The number of amides is 1. The Labute approximate surface area is 160 Å². The van der Waals surface area contributed by atoms with Gasteiger partial charge in [0.1, 0.15) is 17.4 Å². The number of aliphatic hydroxyl groups is 1. The number of rotatable bonds is 7. The standard InChI is InChI=1S/C20H19F2N3O3/c1-2-28-18-8-12(6-7-14(18)13-9-23-24-10-13)20(27)25-17(11-26)19-15(21)4-3-5-16(19)22/h3-10,17,26H,2,11H2,1H3,(H,23,24)(H,25,27)/t17-/m1/s1. The summed E-state index contributed by atoms with van der Waals surface area (Å²) < 4.78 is 33.6. The lowest BCUT2D eigenvalue weighted by Gasteiger charge is -2.19. The summed E-state index contributed by atoms with van der Waals surface area (Å²) in [6.07, 6.45) is 3.32. The summed E-state index contributed by atoms with van der Waals surface area (Å²) in [7, 11) is 0. The molecule has 1 heterocycles. The molecular formula is C20H19F2N3O3. The number of aromatic nitrogens is 2. The average molecular weight is 387 g/mol. The van der Waals surface area contributed by atoms with Crippen molar-refractivity contribution >= 4 is 5.91 Å². The first-order valence-corrected chi connectivity index (χ1v) is 8.66. The molecule has 8 heteroatoms. The normalized spacial score (nSPS) is 11.9. The Bertz CT molecular complexity index is 941. The average Bonchev–Trinajstić information content (AvgIpc) is 3.21. The second-order valence-electron chi connectivity index (χ2n) is 5.97. The highest BCUT2D eigenvalue weighted by molar-refractivity contribution is 5.95. The summed E-state index contributed by atoms with van der Waals surface area (Å²) in [5.74, 6) is -1.81. The highest BCUT2D eigenvalue weighted by Crippen LogP contribution is 2.31. The van der Waals surface area contributed by atoms with Gasteiger partial charge in [-0.2, -0.15) is 5.10 Å². The monoisotopic (exact) mass is 387 g/mol. The number of aliphatic hydroxyl groups excluding tert-OH is 1. The number of nitrogens with zero attached hydrogens (tertiary/aromatic N) is 1. The largest absolute Gasteiger partial charge is 0.493 e.